The first-order chi connectivity index (χ1) is 14.6. The van der Waals surface area contributed by atoms with Gasteiger partial charge < -0.3 is 4.74 Å². The number of hydrogen-bond acceptors (Lipinski definition) is 5. The third-order valence-electron chi connectivity index (χ3n) is 4.46. The average molecular weight is 439 g/mol. The third kappa shape index (κ3) is 4.87. The minimum atomic E-state index is -0.252. The quantitative estimate of drug-likeness (QED) is 0.431. The van der Waals surface area contributed by atoms with E-state index >= 15 is 0 Å². The maximum Gasteiger partial charge on any atom is 0.268 e. The molecule has 8 heteroatoms. The van der Waals surface area contributed by atoms with Gasteiger partial charge in [-0.3, -0.25) is 10.1 Å². The zero-order valence-corrected chi connectivity index (χ0v) is 17.8. The van der Waals surface area contributed by atoms with Crippen molar-refractivity contribution >= 4 is 34.8 Å². The lowest BCUT2D eigenvalue weighted by molar-refractivity contribution is 0.102. The number of anilines is 1. The minimum absolute atomic E-state index is 0.252. The number of carbonyl (C=O) groups is 1. The molecule has 30 heavy (non-hydrogen) atoms. The molecule has 152 valence electrons. The van der Waals surface area contributed by atoms with Gasteiger partial charge in [0, 0.05) is 5.56 Å². The molecule has 0 aliphatic carbocycles. The monoisotopic (exact) mass is 438 g/mol. The van der Waals surface area contributed by atoms with Crippen LogP contribution in [0, 0.1) is 6.92 Å². The Bertz CT molecular complexity index is 1170. The maximum atomic E-state index is 12.5. The number of hydrogen-bond donors (Lipinski definition) is 1. The molecule has 0 aliphatic heterocycles. The zero-order valence-electron chi connectivity index (χ0n) is 16.2. The van der Waals surface area contributed by atoms with E-state index in [4.69, 9.17) is 16.3 Å². The van der Waals surface area contributed by atoms with Gasteiger partial charge in [-0.25, -0.2) is 9.67 Å². The first-order valence-corrected chi connectivity index (χ1v) is 10.5. The molecule has 0 saturated heterocycles. The van der Waals surface area contributed by atoms with E-state index in [2.05, 4.69) is 28.4 Å². The largest absolute Gasteiger partial charge is 0.487 e. The molecule has 0 fully saturated rings. The standard InChI is InChI=1S/C22H19ClN4O2S/c1-15-6-2-3-7-17(15)11-27-14-24-22(26-27)25-21(28)20-10-16(13-30-20)12-29-19-9-5-4-8-18(19)23/h2-10,13-14H,11-12H2,1H3,(H,25,26,28). The molecule has 0 atom stereocenters. The number of para-hydroxylation sites is 1. The number of amides is 1. The average Bonchev–Trinajstić information content (AvgIpc) is 3.39. The van der Waals surface area contributed by atoms with Crippen molar-refractivity contribution in [3.8, 4) is 5.75 Å². The molecule has 2 aromatic heterocycles. The van der Waals surface area contributed by atoms with Crippen LogP contribution in [-0.2, 0) is 13.2 Å². The normalized spacial score (nSPS) is 10.7. The van der Waals surface area contributed by atoms with Crippen LogP contribution in [-0.4, -0.2) is 20.7 Å². The molecular formula is C22H19ClN4O2S. The van der Waals surface area contributed by atoms with Gasteiger partial charge in [0.1, 0.15) is 18.7 Å². The molecule has 1 amide bonds. The van der Waals surface area contributed by atoms with Gasteiger partial charge in [-0.15, -0.1) is 16.4 Å². The molecule has 0 bridgehead atoms. The Kier molecular flexibility index (Phi) is 6.11. The highest BCUT2D eigenvalue weighted by atomic mass is 35.5. The summed E-state index contributed by atoms with van der Waals surface area (Å²) in [5.41, 5.74) is 3.23. The van der Waals surface area contributed by atoms with Gasteiger partial charge in [-0.2, -0.15) is 0 Å². The lowest BCUT2D eigenvalue weighted by Crippen LogP contribution is -2.12. The van der Waals surface area contributed by atoms with Crippen molar-refractivity contribution < 1.29 is 9.53 Å². The number of rotatable bonds is 7. The Balaban J connectivity index is 1.35. The van der Waals surface area contributed by atoms with Crippen molar-refractivity contribution in [2.45, 2.75) is 20.1 Å². The fourth-order valence-electron chi connectivity index (χ4n) is 2.85. The van der Waals surface area contributed by atoms with Gasteiger partial charge in [0.15, 0.2) is 0 Å². The first kappa shape index (κ1) is 20.1. The van der Waals surface area contributed by atoms with Crippen molar-refractivity contribution in [3.63, 3.8) is 0 Å². The van der Waals surface area contributed by atoms with Crippen LogP contribution in [0.3, 0.4) is 0 Å². The lowest BCUT2D eigenvalue weighted by atomic mass is 10.1. The zero-order chi connectivity index (χ0) is 20.9. The summed E-state index contributed by atoms with van der Waals surface area (Å²) in [6.45, 7) is 2.98. The summed E-state index contributed by atoms with van der Waals surface area (Å²) >= 11 is 7.44. The molecule has 6 nitrogen and oxygen atoms in total. The highest BCUT2D eigenvalue weighted by molar-refractivity contribution is 7.12. The Morgan fingerprint density at radius 3 is 2.83 bits per heavy atom. The maximum absolute atomic E-state index is 12.5. The third-order valence-corrected chi connectivity index (χ3v) is 5.75. The van der Waals surface area contributed by atoms with E-state index in [1.165, 1.54) is 16.9 Å². The summed E-state index contributed by atoms with van der Waals surface area (Å²) in [5, 5.41) is 9.52. The number of halogens is 1. The van der Waals surface area contributed by atoms with E-state index in [0.29, 0.717) is 28.8 Å². The first-order valence-electron chi connectivity index (χ1n) is 9.28. The van der Waals surface area contributed by atoms with Crippen molar-refractivity contribution in [1.29, 1.82) is 0 Å². The van der Waals surface area contributed by atoms with Crippen LogP contribution in [0.5, 0.6) is 5.75 Å². The van der Waals surface area contributed by atoms with Gasteiger partial charge >= 0.3 is 0 Å². The summed E-state index contributed by atoms with van der Waals surface area (Å²) < 4.78 is 7.42. The van der Waals surface area contributed by atoms with E-state index in [1.54, 1.807) is 29.2 Å². The SMILES string of the molecule is Cc1ccccc1Cn1cnc(NC(=O)c2cc(COc3ccccc3Cl)cs2)n1. The van der Waals surface area contributed by atoms with Gasteiger partial charge in [-0.05, 0) is 41.6 Å². The second kappa shape index (κ2) is 9.11. The van der Waals surface area contributed by atoms with Gasteiger partial charge in [0.05, 0.1) is 16.4 Å². The predicted octanol–water partition coefficient (Wildman–Crippen LogP) is 5.18. The fraction of sp³-hybridized carbons (Fsp3) is 0.136. The Morgan fingerprint density at radius 2 is 2.00 bits per heavy atom. The Hall–Kier alpha value is -3.16. The molecular weight excluding hydrogens is 420 g/mol. The second-order valence-electron chi connectivity index (χ2n) is 6.68. The predicted molar refractivity (Wildman–Crippen MR) is 118 cm³/mol. The van der Waals surface area contributed by atoms with Crippen molar-refractivity contribution in [3.05, 3.63) is 92.9 Å². The molecule has 0 saturated carbocycles. The van der Waals surface area contributed by atoms with E-state index in [9.17, 15) is 4.79 Å². The van der Waals surface area contributed by atoms with Crippen LogP contribution in [0.2, 0.25) is 5.02 Å². The van der Waals surface area contributed by atoms with Crippen LogP contribution >= 0.6 is 22.9 Å². The van der Waals surface area contributed by atoms with Crippen LogP contribution in [0.25, 0.3) is 0 Å². The highest BCUT2D eigenvalue weighted by Crippen LogP contribution is 2.25. The summed E-state index contributed by atoms with van der Waals surface area (Å²) in [4.78, 5) is 17.3. The van der Waals surface area contributed by atoms with E-state index < -0.39 is 0 Å². The van der Waals surface area contributed by atoms with Crippen LogP contribution < -0.4 is 10.1 Å². The summed E-state index contributed by atoms with van der Waals surface area (Å²) in [6.07, 6.45) is 1.61. The Labute approximate surface area is 183 Å². The number of aromatic nitrogens is 3. The van der Waals surface area contributed by atoms with Gasteiger partial charge in [0.25, 0.3) is 5.91 Å². The molecule has 2 aromatic carbocycles. The Morgan fingerprint density at radius 1 is 1.20 bits per heavy atom. The van der Waals surface area contributed by atoms with Gasteiger partial charge in [-0.1, -0.05) is 48.0 Å². The minimum Gasteiger partial charge on any atom is -0.487 e. The summed E-state index contributed by atoms with van der Waals surface area (Å²) in [6, 6.07) is 17.2. The number of aryl methyl sites for hydroxylation is 1. The van der Waals surface area contributed by atoms with E-state index in [-0.39, 0.29) is 11.9 Å². The van der Waals surface area contributed by atoms with E-state index in [0.717, 1.165) is 11.1 Å². The van der Waals surface area contributed by atoms with E-state index in [1.807, 2.05) is 35.7 Å². The topological polar surface area (TPSA) is 69.0 Å². The highest BCUT2D eigenvalue weighted by Gasteiger charge is 2.13. The number of ether oxygens (including phenoxy) is 1. The van der Waals surface area contributed by atoms with Crippen LogP contribution in [0.15, 0.2) is 66.3 Å². The summed E-state index contributed by atoms with van der Waals surface area (Å²) in [7, 11) is 0. The second-order valence-corrected chi connectivity index (χ2v) is 8.00. The number of nitrogens with one attached hydrogen (secondary N) is 1. The molecule has 2 heterocycles. The lowest BCUT2D eigenvalue weighted by Gasteiger charge is -2.06. The van der Waals surface area contributed by atoms with Crippen molar-refractivity contribution in [1.82, 2.24) is 14.8 Å². The van der Waals surface area contributed by atoms with Crippen LogP contribution in [0.1, 0.15) is 26.4 Å². The van der Waals surface area contributed by atoms with Crippen molar-refractivity contribution in [2.75, 3.05) is 5.32 Å². The molecule has 0 unspecified atom stereocenters. The number of nitrogens with zero attached hydrogens (tertiary/aromatic N) is 3. The summed E-state index contributed by atoms with van der Waals surface area (Å²) in [5.74, 6) is 0.633. The number of thiophene rings is 1. The smallest absolute Gasteiger partial charge is 0.268 e. The van der Waals surface area contributed by atoms with Gasteiger partial charge in [0.2, 0.25) is 5.95 Å². The number of carbonyl (C=O) groups excluding carboxylic acids is 1. The van der Waals surface area contributed by atoms with Crippen molar-refractivity contribution in [2.24, 2.45) is 0 Å². The molecule has 0 aliphatic rings. The molecule has 0 spiro atoms. The molecule has 1 N–H and O–H groups in total. The molecule has 4 aromatic rings. The molecule has 0 radical (unpaired) electrons. The number of benzene rings is 2. The molecule has 4 rings (SSSR count). The van der Waals surface area contributed by atoms with Crippen LogP contribution in [0.4, 0.5) is 5.95 Å². The fourth-order valence-corrected chi connectivity index (χ4v) is 3.83.